The fourth-order valence-electron chi connectivity index (χ4n) is 2.88. The minimum absolute atomic E-state index is 0.0257. The SMILES string of the molecule is CCCCc1cc(C(=O)c2cnc(NCCSCc3cn(C)cn3)[nH]c2=O)ccn1. The fourth-order valence-corrected chi connectivity index (χ4v) is 3.62. The number of unbranched alkanes of at least 4 members (excludes halogenated alkanes) is 1. The number of imidazole rings is 1. The van der Waals surface area contributed by atoms with Crippen LogP contribution in [0.25, 0.3) is 0 Å². The van der Waals surface area contributed by atoms with Crippen molar-refractivity contribution < 1.29 is 4.79 Å². The van der Waals surface area contributed by atoms with Crippen molar-refractivity contribution in [1.29, 1.82) is 0 Å². The lowest BCUT2D eigenvalue weighted by molar-refractivity contribution is 0.103. The lowest BCUT2D eigenvalue weighted by atomic mass is 10.0. The molecule has 0 aromatic carbocycles. The van der Waals surface area contributed by atoms with Crippen molar-refractivity contribution in [2.24, 2.45) is 7.05 Å². The second kappa shape index (κ2) is 10.7. The van der Waals surface area contributed by atoms with Crippen LogP contribution in [-0.4, -0.2) is 42.6 Å². The summed E-state index contributed by atoms with van der Waals surface area (Å²) >= 11 is 1.74. The topological polar surface area (TPSA) is 106 Å². The molecule has 8 nitrogen and oxygen atoms in total. The number of H-pyrrole nitrogens is 1. The van der Waals surface area contributed by atoms with Gasteiger partial charge in [0, 0.05) is 54.9 Å². The highest BCUT2D eigenvalue weighted by Gasteiger charge is 2.15. The normalized spacial score (nSPS) is 10.9. The molecule has 0 aliphatic carbocycles. The monoisotopic (exact) mass is 426 g/mol. The number of hydrogen-bond acceptors (Lipinski definition) is 7. The summed E-state index contributed by atoms with van der Waals surface area (Å²) in [6.07, 6.45) is 9.59. The number of aromatic nitrogens is 5. The van der Waals surface area contributed by atoms with Gasteiger partial charge in [0.2, 0.25) is 5.95 Å². The molecule has 3 aromatic heterocycles. The molecule has 0 amide bonds. The van der Waals surface area contributed by atoms with Crippen LogP contribution in [0, 0.1) is 0 Å². The molecule has 30 heavy (non-hydrogen) atoms. The van der Waals surface area contributed by atoms with E-state index in [0.717, 1.165) is 42.2 Å². The maximum Gasteiger partial charge on any atom is 0.263 e. The van der Waals surface area contributed by atoms with Crippen molar-refractivity contribution in [1.82, 2.24) is 24.5 Å². The molecule has 9 heteroatoms. The summed E-state index contributed by atoms with van der Waals surface area (Å²) in [6, 6.07) is 3.38. The molecular weight excluding hydrogens is 400 g/mol. The Morgan fingerprint density at radius 3 is 2.87 bits per heavy atom. The van der Waals surface area contributed by atoms with Gasteiger partial charge in [-0.2, -0.15) is 11.8 Å². The predicted octanol–water partition coefficient (Wildman–Crippen LogP) is 2.82. The Labute approximate surface area is 179 Å². The van der Waals surface area contributed by atoms with Crippen LogP contribution >= 0.6 is 11.8 Å². The Morgan fingerprint density at radius 2 is 2.13 bits per heavy atom. The number of thioether (sulfide) groups is 1. The smallest absolute Gasteiger partial charge is 0.263 e. The molecule has 0 saturated carbocycles. The first-order valence-corrected chi connectivity index (χ1v) is 11.1. The summed E-state index contributed by atoms with van der Waals surface area (Å²) in [6.45, 7) is 2.74. The van der Waals surface area contributed by atoms with Gasteiger partial charge in [-0.1, -0.05) is 13.3 Å². The van der Waals surface area contributed by atoms with E-state index in [0.29, 0.717) is 18.1 Å². The molecule has 0 radical (unpaired) electrons. The number of pyridine rings is 1. The largest absolute Gasteiger partial charge is 0.355 e. The van der Waals surface area contributed by atoms with E-state index in [2.05, 4.69) is 32.2 Å². The van der Waals surface area contributed by atoms with Crippen LogP contribution in [0.4, 0.5) is 5.95 Å². The maximum atomic E-state index is 12.7. The van der Waals surface area contributed by atoms with Crippen LogP contribution in [0.2, 0.25) is 0 Å². The van der Waals surface area contributed by atoms with Gasteiger partial charge < -0.3 is 9.88 Å². The number of aryl methyl sites for hydroxylation is 2. The molecule has 0 aliphatic rings. The molecule has 0 aliphatic heterocycles. The highest BCUT2D eigenvalue weighted by molar-refractivity contribution is 7.98. The van der Waals surface area contributed by atoms with E-state index in [4.69, 9.17) is 0 Å². The number of anilines is 1. The second-order valence-corrected chi connectivity index (χ2v) is 8.06. The first-order valence-electron chi connectivity index (χ1n) is 9.94. The quantitative estimate of drug-likeness (QED) is 0.359. The van der Waals surface area contributed by atoms with Crippen LogP contribution in [0.5, 0.6) is 0 Å². The van der Waals surface area contributed by atoms with Crippen LogP contribution < -0.4 is 10.9 Å². The van der Waals surface area contributed by atoms with Crippen LogP contribution in [0.15, 0.2) is 41.8 Å². The third-order valence-corrected chi connectivity index (χ3v) is 5.45. The molecule has 0 bridgehead atoms. The lowest BCUT2D eigenvalue weighted by Crippen LogP contribution is -2.21. The minimum atomic E-state index is -0.453. The molecule has 0 spiro atoms. The first-order chi connectivity index (χ1) is 14.6. The Bertz CT molecular complexity index is 1050. The Morgan fingerprint density at radius 1 is 1.27 bits per heavy atom. The number of nitrogens with one attached hydrogen (secondary N) is 2. The minimum Gasteiger partial charge on any atom is -0.355 e. The zero-order valence-corrected chi connectivity index (χ0v) is 18.0. The summed E-state index contributed by atoms with van der Waals surface area (Å²) in [5.74, 6) is 1.67. The van der Waals surface area contributed by atoms with Gasteiger partial charge >= 0.3 is 0 Å². The zero-order valence-electron chi connectivity index (χ0n) is 17.2. The van der Waals surface area contributed by atoms with Gasteiger partial charge in [-0.15, -0.1) is 0 Å². The van der Waals surface area contributed by atoms with Gasteiger partial charge in [0.25, 0.3) is 5.56 Å². The van der Waals surface area contributed by atoms with Gasteiger partial charge in [0.1, 0.15) is 5.56 Å². The molecule has 158 valence electrons. The van der Waals surface area contributed by atoms with E-state index < -0.39 is 5.56 Å². The average Bonchev–Trinajstić information content (AvgIpc) is 3.17. The van der Waals surface area contributed by atoms with E-state index >= 15 is 0 Å². The van der Waals surface area contributed by atoms with Gasteiger partial charge in [0.15, 0.2) is 5.78 Å². The number of nitrogens with zero attached hydrogens (tertiary/aromatic N) is 4. The number of carbonyl (C=O) groups is 1. The molecule has 0 saturated heterocycles. The van der Waals surface area contributed by atoms with Crippen molar-refractivity contribution in [2.75, 3.05) is 17.6 Å². The zero-order chi connectivity index (χ0) is 21.3. The van der Waals surface area contributed by atoms with Gasteiger partial charge in [-0.25, -0.2) is 9.97 Å². The number of hydrogen-bond donors (Lipinski definition) is 2. The van der Waals surface area contributed by atoms with Gasteiger partial charge in [-0.05, 0) is 25.0 Å². The van der Waals surface area contributed by atoms with Crippen molar-refractivity contribution >= 4 is 23.5 Å². The van der Waals surface area contributed by atoms with E-state index in [9.17, 15) is 9.59 Å². The Kier molecular flexibility index (Phi) is 7.78. The summed E-state index contributed by atoms with van der Waals surface area (Å²) in [5.41, 5.74) is 1.91. The summed E-state index contributed by atoms with van der Waals surface area (Å²) in [5, 5.41) is 3.08. The Balaban J connectivity index is 1.54. The predicted molar refractivity (Wildman–Crippen MR) is 119 cm³/mol. The number of rotatable bonds is 11. The fraction of sp³-hybridized carbons (Fsp3) is 0.381. The molecule has 3 heterocycles. The van der Waals surface area contributed by atoms with Crippen LogP contribution in [-0.2, 0) is 19.2 Å². The van der Waals surface area contributed by atoms with Crippen LogP contribution in [0.3, 0.4) is 0 Å². The molecular formula is C21H26N6O2S. The van der Waals surface area contributed by atoms with Gasteiger partial charge in [-0.3, -0.25) is 19.6 Å². The number of aromatic amines is 1. The van der Waals surface area contributed by atoms with E-state index in [1.807, 2.05) is 17.8 Å². The standard InChI is InChI=1S/C21H26N6O2S/c1-3-4-5-16-10-15(6-7-22-16)19(28)18-11-24-21(26-20(18)29)23-8-9-30-13-17-12-27(2)14-25-17/h6-7,10-12,14H,3-5,8-9,13H2,1-2H3,(H2,23,24,26,29). The van der Waals surface area contributed by atoms with Gasteiger partial charge in [0.05, 0.1) is 12.0 Å². The van der Waals surface area contributed by atoms with Crippen molar-refractivity contribution in [3.8, 4) is 0 Å². The van der Waals surface area contributed by atoms with E-state index in [1.54, 1.807) is 36.4 Å². The van der Waals surface area contributed by atoms with Crippen molar-refractivity contribution in [3.05, 3.63) is 69.9 Å². The third kappa shape index (κ3) is 6.03. The molecule has 0 fully saturated rings. The maximum absolute atomic E-state index is 12.7. The van der Waals surface area contributed by atoms with E-state index in [-0.39, 0.29) is 11.3 Å². The average molecular weight is 427 g/mol. The molecule has 2 N–H and O–H groups in total. The summed E-state index contributed by atoms with van der Waals surface area (Å²) < 4.78 is 1.92. The molecule has 3 rings (SSSR count). The highest BCUT2D eigenvalue weighted by atomic mass is 32.2. The Hall–Kier alpha value is -2.94. The molecule has 0 atom stereocenters. The van der Waals surface area contributed by atoms with Crippen molar-refractivity contribution in [2.45, 2.75) is 31.9 Å². The third-order valence-electron chi connectivity index (χ3n) is 4.46. The number of carbonyl (C=O) groups excluding carboxylic acids is 1. The summed E-state index contributed by atoms with van der Waals surface area (Å²) in [4.78, 5) is 40.5. The van der Waals surface area contributed by atoms with E-state index in [1.165, 1.54) is 6.20 Å². The summed E-state index contributed by atoms with van der Waals surface area (Å²) in [7, 11) is 1.94. The second-order valence-electron chi connectivity index (χ2n) is 6.95. The first kappa shape index (κ1) is 21.8. The molecule has 0 unspecified atom stereocenters. The number of ketones is 1. The lowest BCUT2D eigenvalue weighted by Gasteiger charge is -2.06. The van der Waals surface area contributed by atoms with Crippen molar-refractivity contribution in [3.63, 3.8) is 0 Å². The molecule has 3 aromatic rings. The highest BCUT2D eigenvalue weighted by Crippen LogP contribution is 2.11. The van der Waals surface area contributed by atoms with Crippen LogP contribution in [0.1, 0.15) is 47.1 Å².